The van der Waals surface area contributed by atoms with Crippen molar-refractivity contribution in [2.45, 2.75) is 6.92 Å². The van der Waals surface area contributed by atoms with Crippen LogP contribution in [-0.2, 0) is 4.79 Å². The highest BCUT2D eigenvalue weighted by molar-refractivity contribution is 6.36. The number of aromatic nitrogens is 1. The second kappa shape index (κ2) is 9.25. The Labute approximate surface area is 199 Å². The van der Waals surface area contributed by atoms with Gasteiger partial charge in [0, 0.05) is 22.2 Å². The zero-order valence-corrected chi connectivity index (χ0v) is 19.3. The van der Waals surface area contributed by atoms with Crippen LogP contribution in [-0.4, -0.2) is 18.0 Å². The van der Waals surface area contributed by atoms with E-state index in [2.05, 4.69) is 10.3 Å². The molecule has 0 unspecified atom stereocenters. The van der Waals surface area contributed by atoms with Gasteiger partial charge < -0.3 is 14.5 Å². The number of amides is 1. The Morgan fingerprint density at radius 3 is 2.66 bits per heavy atom. The molecule has 1 amide bonds. The molecule has 0 saturated carbocycles. The highest BCUT2D eigenvalue weighted by Crippen LogP contribution is 2.33. The number of hydrogen-bond acceptors (Lipinski definition) is 4. The van der Waals surface area contributed by atoms with Gasteiger partial charge in [-0.2, -0.15) is 0 Å². The largest absolute Gasteiger partial charge is 0.495 e. The third kappa shape index (κ3) is 4.75. The van der Waals surface area contributed by atoms with Crippen molar-refractivity contribution in [3.8, 4) is 17.2 Å². The summed E-state index contributed by atoms with van der Waals surface area (Å²) < 4.78 is 11.2. The number of fused-ring (bicyclic) bond motifs is 1. The molecule has 0 bridgehead atoms. The molecule has 4 rings (SSSR count). The molecule has 8 heteroatoms. The van der Waals surface area contributed by atoms with Crippen LogP contribution in [0.25, 0.3) is 28.6 Å². The molecule has 162 valence electrons. The Morgan fingerprint density at radius 2 is 1.88 bits per heavy atom. The van der Waals surface area contributed by atoms with Crippen LogP contribution in [0.3, 0.4) is 0 Å². The molecule has 0 saturated heterocycles. The highest BCUT2D eigenvalue weighted by atomic mass is 35.5. The summed E-state index contributed by atoms with van der Waals surface area (Å²) in [5, 5.41) is 3.93. The van der Waals surface area contributed by atoms with Crippen molar-refractivity contribution in [1.82, 2.24) is 4.98 Å². The van der Waals surface area contributed by atoms with Crippen molar-refractivity contribution in [3.63, 3.8) is 0 Å². The first-order valence-corrected chi connectivity index (χ1v) is 10.7. The topological polar surface area (TPSA) is 64.4 Å². The number of benzene rings is 3. The highest BCUT2D eigenvalue weighted by Gasteiger charge is 2.12. The summed E-state index contributed by atoms with van der Waals surface area (Å²) in [5.74, 6) is 0.466. The molecule has 0 aliphatic rings. The molecule has 32 heavy (non-hydrogen) atoms. The number of ether oxygens (including phenoxy) is 1. The molecular formula is C24H17Cl3N2O3. The van der Waals surface area contributed by atoms with Gasteiger partial charge in [-0.25, -0.2) is 4.98 Å². The Kier molecular flexibility index (Phi) is 6.42. The van der Waals surface area contributed by atoms with E-state index in [1.54, 1.807) is 36.4 Å². The van der Waals surface area contributed by atoms with Gasteiger partial charge in [0.15, 0.2) is 5.58 Å². The summed E-state index contributed by atoms with van der Waals surface area (Å²) in [6.07, 6.45) is 2.91. The van der Waals surface area contributed by atoms with Gasteiger partial charge in [0.05, 0.1) is 22.8 Å². The maximum atomic E-state index is 12.5. The van der Waals surface area contributed by atoms with Crippen LogP contribution < -0.4 is 10.1 Å². The van der Waals surface area contributed by atoms with Crippen LogP contribution >= 0.6 is 34.8 Å². The third-order valence-corrected chi connectivity index (χ3v) is 5.50. The van der Waals surface area contributed by atoms with Gasteiger partial charge >= 0.3 is 0 Å². The van der Waals surface area contributed by atoms with E-state index < -0.39 is 5.91 Å². The zero-order chi connectivity index (χ0) is 22.8. The molecular weight excluding hydrogens is 471 g/mol. The molecule has 0 radical (unpaired) electrons. The lowest BCUT2D eigenvalue weighted by Gasteiger charge is -2.08. The van der Waals surface area contributed by atoms with E-state index in [0.717, 1.165) is 11.1 Å². The number of hydrogen-bond donors (Lipinski definition) is 1. The Balaban J connectivity index is 1.58. The van der Waals surface area contributed by atoms with Gasteiger partial charge in [-0.15, -0.1) is 0 Å². The maximum absolute atomic E-state index is 12.5. The molecule has 0 aliphatic heterocycles. The summed E-state index contributed by atoms with van der Waals surface area (Å²) in [7, 11) is 1.49. The molecule has 0 atom stereocenters. The minimum absolute atomic E-state index is 0.351. The summed E-state index contributed by atoms with van der Waals surface area (Å²) in [6.45, 7) is 1.98. The van der Waals surface area contributed by atoms with E-state index in [1.807, 2.05) is 25.1 Å². The van der Waals surface area contributed by atoms with Crippen molar-refractivity contribution < 1.29 is 13.9 Å². The number of methoxy groups -OCH3 is 1. The zero-order valence-electron chi connectivity index (χ0n) is 17.1. The Bertz CT molecular complexity index is 1360. The van der Waals surface area contributed by atoms with Crippen LogP contribution in [0.5, 0.6) is 5.75 Å². The summed E-state index contributed by atoms with van der Waals surface area (Å²) in [6, 6.07) is 14.2. The average molecular weight is 488 g/mol. The van der Waals surface area contributed by atoms with Crippen molar-refractivity contribution in [1.29, 1.82) is 0 Å². The second-order valence-electron chi connectivity index (χ2n) is 7.02. The number of rotatable bonds is 5. The molecule has 5 nitrogen and oxygen atoms in total. The fourth-order valence-corrected chi connectivity index (χ4v) is 3.92. The van der Waals surface area contributed by atoms with Crippen molar-refractivity contribution >= 4 is 63.6 Å². The lowest BCUT2D eigenvalue weighted by atomic mass is 10.1. The normalized spacial score (nSPS) is 11.3. The molecule has 0 aliphatic carbocycles. The predicted octanol–water partition coefficient (Wildman–Crippen LogP) is 7.42. The molecule has 1 N–H and O–H groups in total. The van der Waals surface area contributed by atoms with Gasteiger partial charge in [0.25, 0.3) is 0 Å². The van der Waals surface area contributed by atoms with Crippen LogP contribution in [0.4, 0.5) is 5.69 Å². The number of oxazole rings is 1. The lowest BCUT2D eigenvalue weighted by Crippen LogP contribution is -2.08. The number of aryl methyl sites for hydroxylation is 1. The number of carbonyl (C=O) groups is 1. The number of nitrogens with zero attached hydrogens (tertiary/aromatic N) is 1. The average Bonchev–Trinajstić information content (AvgIpc) is 3.16. The molecule has 3 aromatic carbocycles. The van der Waals surface area contributed by atoms with Crippen molar-refractivity contribution in [3.05, 3.63) is 80.8 Å². The van der Waals surface area contributed by atoms with Crippen LogP contribution in [0, 0.1) is 6.92 Å². The van der Waals surface area contributed by atoms with E-state index in [0.29, 0.717) is 49.1 Å². The SMILES string of the molecule is COc1c(Cl)cc(Cl)cc1C=CC(=O)Nc1cc(-c2nc3ccc(C)cc3o2)ccc1Cl. The van der Waals surface area contributed by atoms with E-state index in [-0.39, 0.29) is 0 Å². The Hall–Kier alpha value is -2.99. The first kappa shape index (κ1) is 22.2. The van der Waals surface area contributed by atoms with Gasteiger partial charge in [-0.05, 0) is 61.0 Å². The van der Waals surface area contributed by atoms with Gasteiger partial charge in [-0.3, -0.25) is 4.79 Å². The second-order valence-corrected chi connectivity index (χ2v) is 8.27. The molecule has 1 aromatic heterocycles. The van der Waals surface area contributed by atoms with Gasteiger partial charge in [0.1, 0.15) is 11.3 Å². The van der Waals surface area contributed by atoms with E-state index in [4.69, 9.17) is 44.0 Å². The van der Waals surface area contributed by atoms with E-state index >= 15 is 0 Å². The quantitative estimate of drug-likeness (QED) is 0.297. The molecule has 1 heterocycles. The van der Waals surface area contributed by atoms with Crippen molar-refractivity contribution in [2.75, 3.05) is 12.4 Å². The fraction of sp³-hybridized carbons (Fsp3) is 0.0833. The number of anilines is 1. The summed E-state index contributed by atoms with van der Waals surface area (Å²) in [4.78, 5) is 17.0. The number of nitrogens with one attached hydrogen (secondary N) is 1. The summed E-state index contributed by atoms with van der Waals surface area (Å²) >= 11 is 18.5. The smallest absolute Gasteiger partial charge is 0.248 e. The van der Waals surface area contributed by atoms with Crippen LogP contribution in [0.15, 0.2) is 59.0 Å². The lowest BCUT2D eigenvalue weighted by molar-refractivity contribution is -0.111. The number of carbonyl (C=O) groups excluding carboxylic acids is 1. The van der Waals surface area contributed by atoms with E-state index in [9.17, 15) is 4.79 Å². The monoisotopic (exact) mass is 486 g/mol. The van der Waals surface area contributed by atoms with Gasteiger partial charge in [-0.1, -0.05) is 40.9 Å². The molecule has 4 aromatic rings. The van der Waals surface area contributed by atoms with Gasteiger partial charge in [0.2, 0.25) is 11.8 Å². The summed E-state index contributed by atoms with van der Waals surface area (Å²) in [5.41, 5.74) is 4.20. The Morgan fingerprint density at radius 1 is 1.06 bits per heavy atom. The van der Waals surface area contributed by atoms with Crippen LogP contribution in [0.2, 0.25) is 15.1 Å². The minimum atomic E-state index is -0.393. The van der Waals surface area contributed by atoms with Crippen molar-refractivity contribution in [2.24, 2.45) is 0 Å². The van der Waals surface area contributed by atoms with E-state index in [1.165, 1.54) is 13.2 Å². The first-order valence-electron chi connectivity index (χ1n) is 9.53. The number of halogens is 3. The minimum Gasteiger partial charge on any atom is -0.495 e. The predicted molar refractivity (Wildman–Crippen MR) is 130 cm³/mol. The van der Waals surface area contributed by atoms with Crippen LogP contribution in [0.1, 0.15) is 11.1 Å². The molecule has 0 fully saturated rings. The third-order valence-electron chi connectivity index (χ3n) is 4.67. The molecule has 0 spiro atoms. The standard InChI is InChI=1S/C24H17Cl3N2O3/c1-13-3-7-19-21(9-13)32-24(29-19)15-4-6-17(26)20(11-15)28-22(30)8-5-14-10-16(25)12-18(27)23(14)31-2/h3-12H,1-2H3,(H,28,30). The first-order chi connectivity index (χ1) is 15.3. The maximum Gasteiger partial charge on any atom is 0.248 e. The fourth-order valence-electron chi connectivity index (χ4n) is 3.17.